The first-order chi connectivity index (χ1) is 11.5. The van der Waals surface area contributed by atoms with E-state index in [-0.39, 0.29) is 5.75 Å². The molecule has 0 amide bonds. The summed E-state index contributed by atoms with van der Waals surface area (Å²) in [6, 6.07) is 7.66. The molecule has 1 aliphatic carbocycles. The predicted molar refractivity (Wildman–Crippen MR) is 98.6 cm³/mol. The van der Waals surface area contributed by atoms with E-state index < -0.39 is 14.6 Å². The second-order valence-corrected chi connectivity index (χ2v) is 9.92. The van der Waals surface area contributed by atoms with Gasteiger partial charge in [-0.05, 0) is 37.1 Å². The number of aromatic nitrogens is 1. The Labute approximate surface area is 147 Å². The first-order valence-electron chi connectivity index (χ1n) is 8.52. The minimum atomic E-state index is -3.03. The van der Waals surface area contributed by atoms with Crippen LogP contribution < -0.4 is 4.90 Å². The minimum Gasteiger partial charge on any atom is -0.368 e. The normalized spacial score (nSPS) is 22.8. The van der Waals surface area contributed by atoms with Gasteiger partial charge in [0.2, 0.25) is 0 Å². The highest BCUT2D eigenvalue weighted by Gasteiger charge is 2.48. The maximum atomic E-state index is 12.8. The second kappa shape index (κ2) is 5.88. The Kier molecular flexibility index (Phi) is 3.96. The van der Waals surface area contributed by atoms with Crippen molar-refractivity contribution in [3.05, 3.63) is 35.5 Å². The molecular weight excluding hydrogens is 344 g/mol. The molecule has 6 heteroatoms. The lowest BCUT2D eigenvalue weighted by atomic mass is 9.87. The summed E-state index contributed by atoms with van der Waals surface area (Å²) in [5.74, 6) is 0.234. The molecule has 1 saturated heterocycles. The quantitative estimate of drug-likeness (QED) is 0.771. The van der Waals surface area contributed by atoms with Crippen LogP contribution in [0.3, 0.4) is 0 Å². The van der Waals surface area contributed by atoms with Gasteiger partial charge in [0.25, 0.3) is 0 Å². The summed E-state index contributed by atoms with van der Waals surface area (Å²) in [5.41, 5.74) is 1.94. The molecule has 0 N–H and O–H groups in total. The highest BCUT2D eigenvalue weighted by Crippen LogP contribution is 2.41. The first kappa shape index (κ1) is 16.2. The Morgan fingerprint density at radius 2 is 1.92 bits per heavy atom. The molecule has 0 radical (unpaired) electrons. The number of nitrogens with zero attached hydrogens (tertiary/aromatic N) is 2. The molecule has 1 aromatic heterocycles. The summed E-state index contributed by atoms with van der Waals surface area (Å²) in [4.78, 5) is 6.64. The fourth-order valence-electron chi connectivity index (χ4n) is 4.22. The fourth-order valence-corrected chi connectivity index (χ4v) is 6.55. The second-order valence-electron chi connectivity index (χ2n) is 6.98. The van der Waals surface area contributed by atoms with Crippen molar-refractivity contribution < 1.29 is 8.42 Å². The van der Waals surface area contributed by atoms with Crippen LogP contribution in [-0.2, 0) is 9.84 Å². The highest BCUT2D eigenvalue weighted by atomic mass is 35.5. The Hall–Kier alpha value is -1.33. The van der Waals surface area contributed by atoms with E-state index >= 15 is 0 Å². The van der Waals surface area contributed by atoms with E-state index in [0.29, 0.717) is 18.1 Å². The lowest BCUT2D eigenvalue weighted by Gasteiger charge is -2.45. The Morgan fingerprint density at radius 1 is 1.12 bits per heavy atom. The molecule has 0 bridgehead atoms. The molecule has 0 unspecified atom stereocenters. The highest BCUT2D eigenvalue weighted by molar-refractivity contribution is 7.92. The van der Waals surface area contributed by atoms with Crippen molar-refractivity contribution in [2.24, 2.45) is 0 Å². The number of pyridine rings is 1. The van der Waals surface area contributed by atoms with E-state index in [2.05, 4.69) is 9.88 Å². The monoisotopic (exact) mass is 364 g/mol. The van der Waals surface area contributed by atoms with Crippen LogP contribution in [0, 0.1) is 0 Å². The van der Waals surface area contributed by atoms with Gasteiger partial charge in [-0.2, -0.15) is 0 Å². The average Bonchev–Trinajstić information content (AvgIpc) is 2.58. The molecule has 1 aromatic carbocycles. The predicted octanol–water partition coefficient (Wildman–Crippen LogP) is 3.83. The molecule has 2 aromatic rings. The van der Waals surface area contributed by atoms with Gasteiger partial charge in [-0.3, -0.25) is 4.98 Å². The number of benzene rings is 1. The van der Waals surface area contributed by atoms with Crippen molar-refractivity contribution in [2.45, 2.75) is 36.9 Å². The van der Waals surface area contributed by atoms with E-state index in [1.807, 2.05) is 24.3 Å². The van der Waals surface area contributed by atoms with Gasteiger partial charge in [0.05, 0.1) is 16.0 Å². The van der Waals surface area contributed by atoms with Gasteiger partial charge in [-0.15, -0.1) is 0 Å². The zero-order valence-corrected chi connectivity index (χ0v) is 15.1. The van der Waals surface area contributed by atoms with Crippen molar-refractivity contribution in [3.63, 3.8) is 0 Å². The standard InChI is InChI=1S/C18H21ClN2O2S/c19-14-4-5-16-15(12-14)17(6-9-20-16)21-10-11-24(22,23)18(13-21)7-2-1-3-8-18/h4-6,9,12H,1-3,7-8,10-11,13H2. The smallest absolute Gasteiger partial charge is 0.159 e. The lowest BCUT2D eigenvalue weighted by molar-refractivity contribution is 0.363. The summed E-state index contributed by atoms with van der Waals surface area (Å²) in [7, 11) is -3.03. The van der Waals surface area contributed by atoms with Crippen molar-refractivity contribution in [3.8, 4) is 0 Å². The molecule has 24 heavy (non-hydrogen) atoms. The summed E-state index contributed by atoms with van der Waals surface area (Å²) in [6.07, 6.45) is 6.53. The summed E-state index contributed by atoms with van der Waals surface area (Å²) >= 11 is 6.17. The SMILES string of the molecule is O=S1(=O)CCN(c2ccnc3ccc(Cl)cc23)CC12CCCCC2. The van der Waals surface area contributed by atoms with E-state index in [4.69, 9.17) is 11.6 Å². The number of halogens is 1. The molecule has 2 heterocycles. The molecule has 0 atom stereocenters. The van der Waals surface area contributed by atoms with Crippen molar-refractivity contribution in [1.29, 1.82) is 0 Å². The van der Waals surface area contributed by atoms with Crippen LogP contribution >= 0.6 is 11.6 Å². The van der Waals surface area contributed by atoms with Crippen LogP contribution in [0.15, 0.2) is 30.5 Å². The van der Waals surface area contributed by atoms with Crippen molar-refractivity contribution >= 4 is 38.0 Å². The number of sulfone groups is 1. The molecule has 4 nitrogen and oxygen atoms in total. The van der Waals surface area contributed by atoms with Gasteiger partial charge in [-0.1, -0.05) is 30.9 Å². The molecule has 1 spiro atoms. The molecule has 2 aliphatic rings. The zero-order valence-electron chi connectivity index (χ0n) is 13.5. The van der Waals surface area contributed by atoms with Gasteiger partial charge in [-0.25, -0.2) is 8.42 Å². The molecule has 2 fully saturated rings. The van der Waals surface area contributed by atoms with Gasteiger partial charge >= 0.3 is 0 Å². The summed E-state index contributed by atoms with van der Waals surface area (Å²) in [6.45, 7) is 1.12. The summed E-state index contributed by atoms with van der Waals surface area (Å²) < 4.78 is 25.0. The van der Waals surface area contributed by atoms with Crippen molar-refractivity contribution in [2.75, 3.05) is 23.7 Å². The van der Waals surface area contributed by atoms with E-state index in [1.54, 1.807) is 6.20 Å². The topological polar surface area (TPSA) is 50.3 Å². The number of hydrogen-bond donors (Lipinski definition) is 0. The third-order valence-electron chi connectivity index (χ3n) is 5.55. The van der Waals surface area contributed by atoms with Gasteiger partial charge < -0.3 is 4.90 Å². The Morgan fingerprint density at radius 3 is 2.71 bits per heavy atom. The average molecular weight is 365 g/mol. The maximum Gasteiger partial charge on any atom is 0.159 e. The summed E-state index contributed by atoms with van der Waals surface area (Å²) in [5, 5.41) is 1.67. The molecule has 128 valence electrons. The van der Waals surface area contributed by atoms with Crippen LogP contribution in [0.25, 0.3) is 10.9 Å². The largest absolute Gasteiger partial charge is 0.368 e. The third kappa shape index (κ3) is 2.58. The molecule has 4 rings (SSSR count). The Balaban J connectivity index is 1.77. The fraction of sp³-hybridized carbons (Fsp3) is 0.500. The van der Waals surface area contributed by atoms with Crippen LogP contribution in [-0.4, -0.2) is 37.0 Å². The van der Waals surface area contributed by atoms with Crippen LogP contribution in [0.1, 0.15) is 32.1 Å². The van der Waals surface area contributed by atoms with Gasteiger partial charge in [0.15, 0.2) is 9.84 Å². The molecular formula is C18H21ClN2O2S. The Bertz CT molecular complexity index is 876. The van der Waals surface area contributed by atoms with E-state index in [0.717, 1.165) is 48.7 Å². The molecule has 1 aliphatic heterocycles. The van der Waals surface area contributed by atoms with Crippen LogP contribution in [0.2, 0.25) is 5.02 Å². The molecule has 1 saturated carbocycles. The number of rotatable bonds is 1. The first-order valence-corrected chi connectivity index (χ1v) is 10.6. The minimum absolute atomic E-state index is 0.234. The number of anilines is 1. The maximum absolute atomic E-state index is 12.8. The van der Waals surface area contributed by atoms with Crippen LogP contribution in [0.5, 0.6) is 0 Å². The van der Waals surface area contributed by atoms with Crippen LogP contribution in [0.4, 0.5) is 5.69 Å². The van der Waals surface area contributed by atoms with Gasteiger partial charge in [0, 0.05) is 35.4 Å². The zero-order chi connectivity index (χ0) is 16.8. The van der Waals surface area contributed by atoms with Crippen molar-refractivity contribution in [1.82, 2.24) is 4.98 Å². The van der Waals surface area contributed by atoms with E-state index in [9.17, 15) is 8.42 Å². The lowest BCUT2D eigenvalue weighted by Crippen LogP contribution is -2.57. The van der Waals surface area contributed by atoms with E-state index in [1.165, 1.54) is 0 Å². The van der Waals surface area contributed by atoms with Gasteiger partial charge in [0.1, 0.15) is 0 Å². The third-order valence-corrected chi connectivity index (χ3v) is 8.37. The number of hydrogen-bond acceptors (Lipinski definition) is 4. The number of fused-ring (bicyclic) bond motifs is 1.